The molecule has 0 N–H and O–H groups in total. The molecule has 1 saturated heterocycles. The van der Waals surface area contributed by atoms with Crippen LogP contribution in [0, 0.1) is 0 Å². The van der Waals surface area contributed by atoms with E-state index in [1.165, 1.54) is 0 Å². The number of ether oxygens (including phenoxy) is 3. The fourth-order valence-corrected chi connectivity index (χ4v) is 2.96. The Morgan fingerprint density at radius 2 is 1.95 bits per heavy atom. The molecule has 4 heteroatoms. The highest BCUT2D eigenvalue weighted by molar-refractivity contribution is 9.10. The second kappa shape index (κ2) is 6.73. The molecule has 0 spiro atoms. The van der Waals surface area contributed by atoms with E-state index in [2.05, 4.69) is 29.8 Å². The number of hydrogen-bond acceptors (Lipinski definition) is 3. The first-order valence-corrected chi connectivity index (χ1v) is 7.47. The van der Waals surface area contributed by atoms with Crippen molar-refractivity contribution in [3.63, 3.8) is 0 Å². The van der Waals surface area contributed by atoms with Gasteiger partial charge >= 0.3 is 0 Å². The maximum absolute atomic E-state index is 6.03. The van der Waals surface area contributed by atoms with E-state index in [-0.39, 0.29) is 18.3 Å². The van der Waals surface area contributed by atoms with E-state index in [4.69, 9.17) is 14.2 Å². The van der Waals surface area contributed by atoms with Crippen molar-refractivity contribution in [2.24, 2.45) is 0 Å². The zero-order valence-corrected chi connectivity index (χ0v) is 13.3. The van der Waals surface area contributed by atoms with Crippen molar-refractivity contribution in [3.8, 4) is 5.75 Å². The Labute approximate surface area is 123 Å². The molecule has 0 amide bonds. The van der Waals surface area contributed by atoms with Gasteiger partial charge in [-0.1, -0.05) is 15.9 Å². The minimum atomic E-state index is 0.266. The zero-order chi connectivity index (χ0) is 13.8. The predicted molar refractivity (Wildman–Crippen MR) is 78.5 cm³/mol. The summed E-state index contributed by atoms with van der Waals surface area (Å²) in [6.45, 7) is 4.78. The predicted octanol–water partition coefficient (Wildman–Crippen LogP) is 3.93. The largest absolute Gasteiger partial charge is 0.496 e. The summed E-state index contributed by atoms with van der Waals surface area (Å²) in [4.78, 5) is 0. The summed E-state index contributed by atoms with van der Waals surface area (Å²) >= 11 is 3.48. The molecule has 0 bridgehead atoms. The van der Waals surface area contributed by atoms with Crippen LogP contribution < -0.4 is 4.74 Å². The van der Waals surface area contributed by atoms with Crippen LogP contribution in [0.25, 0.3) is 0 Å². The first kappa shape index (κ1) is 14.8. The lowest BCUT2D eigenvalue weighted by Crippen LogP contribution is -2.34. The Morgan fingerprint density at radius 1 is 1.26 bits per heavy atom. The molecular weight excluding hydrogens is 308 g/mol. The van der Waals surface area contributed by atoms with Gasteiger partial charge in [-0.15, -0.1) is 0 Å². The summed E-state index contributed by atoms with van der Waals surface area (Å²) in [7, 11) is 1.69. The third-order valence-electron chi connectivity index (χ3n) is 3.37. The Morgan fingerprint density at radius 3 is 2.58 bits per heavy atom. The third-order valence-corrected chi connectivity index (χ3v) is 3.86. The number of halogens is 1. The van der Waals surface area contributed by atoms with Crippen molar-refractivity contribution in [2.45, 2.75) is 51.6 Å². The van der Waals surface area contributed by atoms with Gasteiger partial charge in [0, 0.05) is 10.0 Å². The van der Waals surface area contributed by atoms with Crippen molar-refractivity contribution < 1.29 is 14.2 Å². The summed E-state index contributed by atoms with van der Waals surface area (Å²) in [5, 5.41) is 0. The van der Waals surface area contributed by atoms with Crippen LogP contribution in [0.4, 0.5) is 0 Å². The second-order valence-electron chi connectivity index (χ2n) is 5.12. The van der Waals surface area contributed by atoms with E-state index in [9.17, 15) is 0 Å². The highest BCUT2D eigenvalue weighted by atomic mass is 79.9. The topological polar surface area (TPSA) is 27.7 Å². The highest BCUT2D eigenvalue weighted by Gasteiger charge is 2.25. The van der Waals surface area contributed by atoms with Gasteiger partial charge < -0.3 is 14.2 Å². The van der Waals surface area contributed by atoms with Gasteiger partial charge in [0.25, 0.3) is 0 Å². The lowest BCUT2D eigenvalue weighted by atomic mass is 10.0. The quantitative estimate of drug-likeness (QED) is 0.838. The molecule has 1 fully saturated rings. The van der Waals surface area contributed by atoms with Gasteiger partial charge in [0.05, 0.1) is 32.0 Å². The van der Waals surface area contributed by atoms with Crippen LogP contribution in [0.3, 0.4) is 0 Å². The number of methoxy groups -OCH3 is 1. The van der Waals surface area contributed by atoms with Gasteiger partial charge in [-0.05, 0) is 44.9 Å². The summed E-state index contributed by atoms with van der Waals surface area (Å²) in [6, 6.07) is 5.98. The standard InChI is InChI=1S/C15H21BrO3/c1-10-6-14(7-11(2)19-10)18-9-12-8-13(16)4-5-15(12)17-3/h4-5,8,10-11,14H,6-7,9H2,1-3H3. The molecule has 0 saturated carbocycles. The molecule has 106 valence electrons. The van der Waals surface area contributed by atoms with E-state index in [0.717, 1.165) is 28.6 Å². The smallest absolute Gasteiger partial charge is 0.124 e. The minimum Gasteiger partial charge on any atom is -0.496 e. The summed E-state index contributed by atoms with van der Waals surface area (Å²) < 4.78 is 18.1. The molecule has 2 rings (SSSR count). The molecule has 1 aromatic carbocycles. The molecule has 1 aliphatic rings. The number of rotatable bonds is 4. The van der Waals surface area contributed by atoms with Crippen molar-refractivity contribution in [3.05, 3.63) is 28.2 Å². The Bertz CT molecular complexity index is 412. The van der Waals surface area contributed by atoms with Gasteiger partial charge in [0.2, 0.25) is 0 Å². The van der Waals surface area contributed by atoms with E-state index in [0.29, 0.717) is 6.61 Å². The molecule has 2 unspecified atom stereocenters. The van der Waals surface area contributed by atoms with Gasteiger partial charge in [-0.25, -0.2) is 0 Å². The summed E-state index contributed by atoms with van der Waals surface area (Å²) in [6.07, 6.45) is 2.74. The maximum Gasteiger partial charge on any atom is 0.124 e. The monoisotopic (exact) mass is 328 g/mol. The molecule has 19 heavy (non-hydrogen) atoms. The van der Waals surface area contributed by atoms with Crippen LogP contribution in [-0.2, 0) is 16.1 Å². The SMILES string of the molecule is COc1ccc(Br)cc1COC1CC(C)OC(C)C1. The Kier molecular flexibility index (Phi) is 5.25. The fraction of sp³-hybridized carbons (Fsp3) is 0.600. The number of benzene rings is 1. The third kappa shape index (κ3) is 4.20. The molecule has 1 aliphatic heterocycles. The maximum atomic E-state index is 6.03. The minimum absolute atomic E-state index is 0.266. The van der Waals surface area contributed by atoms with Crippen molar-refractivity contribution >= 4 is 15.9 Å². The first-order chi connectivity index (χ1) is 9.08. The lowest BCUT2D eigenvalue weighted by Gasteiger charge is -2.32. The molecule has 1 aromatic rings. The molecule has 1 heterocycles. The molecular formula is C15H21BrO3. The van der Waals surface area contributed by atoms with Crippen molar-refractivity contribution in [1.29, 1.82) is 0 Å². The van der Waals surface area contributed by atoms with E-state index in [1.807, 2.05) is 18.2 Å². The molecule has 2 atom stereocenters. The van der Waals surface area contributed by atoms with Gasteiger partial charge in [-0.2, -0.15) is 0 Å². The Balaban J connectivity index is 1.96. The first-order valence-electron chi connectivity index (χ1n) is 6.68. The van der Waals surface area contributed by atoms with Crippen LogP contribution in [0.15, 0.2) is 22.7 Å². The van der Waals surface area contributed by atoms with Gasteiger partial charge in [0.1, 0.15) is 5.75 Å². The molecule has 0 aromatic heterocycles. The zero-order valence-electron chi connectivity index (χ0n) is 11.7. The van der Waals surface area contributed by atoms with Gasteiger partial charge in [0.15, 0.2) is 0 Å². The van der Waals surface area contributed by atoms with Gasteiger partial charge in [-0.3, -0.25) is 0 Å². The normalized spacial score (nSPS) is 27.3. The molecule has 3 nitrogen and oxygen atoms in total. The number of hydrogen-bond donors (Lipinski definition) is 0. The van der Waals surface area contributed by atoms with E-state index in [1.54, 1.807) is 7.11 Å². The summed E-state index contributed by atoms with van der Waals surface area (Å²) in [5.41, 5.74) is 1.07. The molecule has 0 aliphatic carbocycles. The van der Waals surface area contributed by atoms with E-state index < -0.39 is 0 Å². The van der Waals surface area contributed by atoms with Crippen LogP contribution in [0.5, 0.6) is 5.75 Å². The van der Waals surface area contributed by atoms with Crippen LogP contribution in [0.2, 0.25) is 0 Å². The molecule has 0 radical (unpaired) electrons. The van der Waals surface area contributed by atoms with Crippen LogP contribution >= 0.6 is 15.9 Å². The second-order valence-corrected chi connectivity index (χ2v) is 6.03. The van der Waals surface area contributed by atoms with E-state index >= 15 is 0 Å². The van der Waals surface area contributed by atoms with Crippen LogP contribution in [0.1, 0.15) is 32.3 Å². The van der Waals surface area contributed by atoms with Crippen LogP contribution in [-0.4, -0.2) is 25.4 Å². The van der Waals surface area contributed by atoms with Crippen molar-refractivity contribution in [2.75, 3.05) is 7.11 Å². The fourth-order valence-electron chi connectivity index (χ4n) is 2.55. The average molecular weight is 329 g/mol. The lowest BCUT2D eigenvalue weighted by molar-refractivity contribution is -0.106. The highest BCUT2D eigenvalue weighted by Crippen LogP contribution is 2.27. The Hall–Kier alpha value is -0.580. The summed E-state index contributed by atoms with van der Waals surface area (Å²) in [5.74, 6) is 0.872. The van der Waals surface area contributed by atoms with Crippen molar-refractivity contribution in [1.82, 2.24) is 0 Å². The average Bonchev–Trinajstić information content (AvgIpc) is 2.35.